The van der Waals surface area contributed by atoms with Crippen LogP contribution < -0.4 is 10.6 Å². The molecule has 1 saturated carbocycles. The summed E-state index contributed by atoms with van der Waals surface area (Å²) in [6, 6.07) is 10.7. The fraction of sp³-hybridized carbons (Fsp3) is 0.611. The number of benzene rings is 1. The molecule has 1 aliphatic carbocycles. The van der Waals surface area contributed by atoms with Crippen LogP contribution in [0.5, 0.6) is 0 Å². The molecular formula is C18H29N3O. The van der Waals surface area contributed by atoms with Crippen molar-refractivity contribution in [2.75, 3.05) is 26.8 Å². The fourth-order valence-electron chi connectivity index (χ4n) is 2.62. The van der Waals surface area contributed by atoms with Gasteiger partial charge in [0.25, 0.3) is 0 Å². The van der Waals surface area contributed by atoms with Crippen molar-refractivity contribution in [1.29, 1.82) is 0 Å². The number of ether oxygens (including phenoxy) is 1. The number of guanidine groups is 1. The minimum absolute atomic E-state index is 0.242. The molecule has 0 spiro atoms. The molecular weight excluding hydrogens is 274 g/mol. The molecule has 122 valence electrons. The minimum atomic E-state index is 0.242. The summed E-state index contributed by atoms with van der Waals surface area (Å²) < 4.78 is 5.49. The molecule has 0 amide bonds. The molecule has 0 saturated heterocycles. The highest BCUT2D eigenvalue weighted by Gasteiger charge is 2.41. The summed E-state index contributed by atoms with van der Waals surface area (Å²) in [5.74, 6) is 0.874. The zero-order valence-electron chi connectivity index (χ0n) is 14.1. The van der Waals surface area contributed by atoms with Gasteiger partial charge in [-0.05, 0) is 44.1 Å². The van der Waals surface area contributed by atoms with E-state index >= 15 is 0 Å². The van der Waals surface area contributed by atoms with Crippen molar-refractivity contribution in [3.63, 3.8) is 0 Å². The lowest BCUT2D eigenvalue weighted by Crippen LogP contribution is -2.41. The van der Waals surface area contributed by atoms with Crippen molar-refractivity contribution in [1.82, 2.24) is 10.6 Å². The number of aliphatic imine (C=N–C) groups is 1. The van der Waals surface area contributed by atoms with Gasteiger partial charge in [-0.1, -0.05) is 30.3 Å². The average molecular weight is 303 g/mol. The second-order valence-corrected chi connectivity index (χ2v) is 6.15. The average Bonchev–Trinajstić information content (AvgIpc) is 3.32. The molecule has 4 nitrogen and oxygen atoms in total. The van der Waals surface area contributed by atoms with E-state index in [0.717, 1.165) is 32.1 Å². The Hall–Kier alpha value is -1.55. The second-order valence-electron chi connectivity index (χ2n) is 6.15. The Kier molecular flexibility index (Phi) is 6.25. The van der Waals surface area contributed by atoms with Gasteiger partial charge in [-0.2, -0.15) is 0 Å². The maximum absolute atomic E-state index is 5.49. The fourth-order valence-corrected chi connectivity index (χ4v) is 2.62. The second kappa shape index (κ2) is 8.18. The molecule has 0 aliphatic heterocycles. The Morgan fingerprint density at radius 2 is 2.05 bits per heavy atom. The Balaban J connectivity index is 1.78. The highest BCUT2D eigenvalue weighted by Crippen LogP contribution is 2.48. The highest BCUT2D eigenvalue weighted by molar-refractivity contribution is 5.80. The lowest BCUT2D eigenvalue weighted by atomic mass is 10.0. The summed E-state index contributed by atoms with van der Waals surface area (Å²) in [6.45, 7) is 6.85. The van der Waals surface area contributed by atoms with Gasteiger partial charge in [-0.3, -0.25) is 4.99 Å². The van der Waals surface area contributed by atoms with Gasteiger partial charge in [-0.15, -0.1) is 0 Å². The van der Waals surface area contributed by atoms with E-state index < -0.39 is 0 Å². The van der Waals surface area contributed by atoms with Crippen LogP contribution in [0.4, 0.5) is 0 Å². The van der Waals surface area contributed by atoms with E-state index in [1.165, 1.54) is 18.4 Å². The smallest absolute Gasteiger partial charge is 0.191 e. The number of nitrogens with one attached hydrogen (secondary N) is 2. The van der Waals surface area contributed by atoms with Gasteiger partial charge in [0.2, 0.25) is 0 Å². The molecule has 0 radical (unpaired) electrons. The summed E-state index contributed by atoms with van der Waals surface area (Å²) in [5, 5.41) is 6.94. The maximum Gasteiger partial charge on any atom is 0.191 e. The topological polar surface area (TPSA) is 45.6 Å². The number of hydrogen-bond acceptors (Lipinski definition) is 2. The van der Waals surface area contributed by atoms with Gasteiger partial charge >= 0.3 is 0 Å². The molecule has 1 aromatic rings. The summed E-state index contributed by atoms with van der Waals surface area (Å²) in [5.41, 5.74) is 1.69. The number of rotatable bonds is 8. The van der Waals surface area contributed by atoms with Crippen molar-refractivity contribution in [3.8, 4) is 0 Å². The van der Waals surface area contributed by atoms with Gasteiger partial charge in [-0.25, -0.2) is 0 Å². The molecule has 22 heavy (non-hydrogen) atoms. The predicted octanol–water partition coefficient (Wildman–Crippen LogP) is 3.12. The Morgan fingerprint density at radius 3 is 2.64 bits per heavy atom. The van der Waals surface area contributed by atoms with Gasteiger partial charge in [0, 0.05) is 26.8 Å². The molecule has 0 bridgehead atoms. The molecule has 1 fully saturated rings. The van der Waals surface area contributed by atoms with Gasteiger partial charge in [0.05, 0.1) is 6.04 Å². The van der Waals surface area contributed by atoms with E-state index in [9.17, 15) is 0 Å². The van der Waals surface area contributed by atoms with Gasteiger partial charge in [0.15, 0.2) is 5.96 Å². The molecule has 0 heterocycles. The normalized spacial score (nSPS) is 17.9. The van der Waals surface area contributed by atoms with Gasteiger partial charge in [0.1, 0.15) is 0 Å². The Labute approximate surface area is 134 Å². The molecule has 0 aromatic heterocycles. The monoisotopic (exact) mass is 303 g/mol. The molecule has 1 aromatic carbocycles. The summed E-state index contributed by atoms with van der Waals surface area (Å²) in [7, 11) is 1.83. The molecule has 1 aliphatic rings. The lowest BCUT2D eigenvalue weighted by Gasteiger charge is -2.21. The molecule has 1 atom stereocenters. The third-order valence-electron chi connectivity index (χ3n) is 4.45. The van der Waals surface area contributed by atoms with Crippen LogP contribution in [0.2, 0.25) is 0 Å². The zero-order valence-corrected chi connectivity index (χ0v) is 14.1. The Morgan fingerprint density at radius 1 is 1.32 bits per heavy atom. The first kappa shape index (κ1) is 16.8. The number of nitrogens with zero attached hydrogens (tertiary/aromatic N) is 1. The summed E-state index contributed by atoms with van der Waals surface area (Å²) in [6.07, 6.45) is 3.72. The first-order valence-corrected chi connectivity index (χ1v) is 8.29. The maximum atomic E-state index is 5.49. The van der Waals surface area contributed by atoms with E-state index in [1.54, 1.807) is 0 Å². The van der Waals surface area contributed by atoms with Crippen LogP contribution in [-0.2, 0) is 4.74 Å². The third-order valence-corrected chi connectivity index (χ3v) is 4.45. The minimum Gasteiger partial charge on any atom is -0.382 e. The molecule has 2 N–H and O–H groups in total. The summed E-state index contributed by atoms with van der Waals surface area (Å²) in [4.78, 5) is 4.34. The van der Waals surface area contributed by atoms with Crippen molar-refractivity contribution >= 4 is 5.96 Å². The number of hydrogen-bond donors (Lipinski definition) is 2. The predicted molar refractivity (Wildman–Crippen MR) is 92.1 cm³/mol. The van der Waals surface area contributed by atoms with E-state index in [2.05, 4.69) is 53.7 Å². The SMILES string of the molecule is CCOCCC1(CNC(=NC)NC(C)c2ccccc2)CC1. The Bertz CT molecular complexity index is 468. The zero-order chi connectivity index (χ0) is 15.8. The largest absolute Gasteiger partial charge is 0.382 e. The quantitative estimate of drug-likeness (QED) is 0.441. The summed E-state index contributed by atoms with van der Waals surface area (Å²) >= 11 is 0. The molecule has 4 heteroatoms. The van der Waals surface area contributed by atoms with Crippen molar-refractivity contribution < 1.29 is 4.74 Å². The van der Waals surface area contributed by atoms with E-state index in [1.807, 2.05) is 13.1 Å². The van der Waals surface area contributed by atoms with Crippen LogP contribution in [0.3, 0.4) is 0 Å². The van der Waals surface area contributed by atoms with Crippen LogP contribution in [0.15, 0.2) is 35.3 Å². The highest BCUT2D eigenvalue weighted by atomic mass is 16.5. The molecule has 1 unspecified atom stereocenters. The standard InChI is InChI=1S/C18H29N3O/c1-4-22-13-12-18(10-11-18)14-20-17(19-3)21-15(2)16-8-6-5-7-9-16/h5-9,15H,4,10-14H2,1-3H3,(H2,19,20,21). The van der Waals surface area contributed by atoms with Crippen LogP contribution in [0.25, 0.3) is 0 Å². The van der Waals surface area contributed by atoms with Crippen LogP contribution in [-0.4, -0.2) is 32.8 Å². The van der Waals surface area contributed by atoms with E-state index in [0.29, 0.717) is 5.41 Å². The van der Waals surface area contributed by atoms with Crippen LogP contribution in [0, 0.1) is 5.41 Å². The van der Waals surface area contributed by atoms with Crippen molar-refractivity contribution in [3.05, 3.63) is 35.9 Å². The molecule has 2 rings (SSSR count). The van der Waals surface area contributed by atoms with Crippen molar-refractivity contribution in [2.45, 2.75) is 39.2 Å². The van der Waals surface area contributed by atoms with E-state index in [-0.39, 0.29) is 6.04 Å². The van der Waals surface area contributed by atoms with Crippen LogP contribution in [0.1, 0.15) is 44.7 Å². The van der Waals surface area contributed by atoms with E-state index in [4.69, 9.17) is 4.74 Å². The van der Waals surface area contributed by atoms with Crippen molar-refractivity contribution in [2.24, 2.45) is 10.4 Å². The first-order valence-electron chi connectivity index (χ1n) is 8.29. The van der Waals surface area contributed by atoms with Gasteiger partial charge < -0.3 is 15.4 Å². The van der Waals surface area contributed by atoms with Crippen LogP contribution >= 0.6 is 0 Å². The first-order chi connectivity index (χ1) is 10.7. The lowest BCUT2D eigenvalue weighted by molar-refractivity contribution is 0.128. The third kappa shape index (κ3) is 5.02.